The van der Waals surface area contributed by atoms with Crippen LogP contribution in [-0.4, -0.2) is 31.0 Å². The van der Waals surface area contributed by atoms with Crippen molar-refractivity contribution in [1.82, 2.24) is 5.32 Å². The first kappa shape index (κ1) is 16.3. The Morgan fingerprint density at radius 1 is 1.37 bits per heavy atom. The van der Waals surface area contributed by atoms with Crippen LogP contribution in [0.4, 0.5) is 0 Å². The van der Waals surface area contributed by atoms with Gasteiger partial charge in [-0.1, -0.05) is 15.9 Å². The van der Waals surface area contributed by atoms with Gasteiger partial charge in [-0.2, -0.15) is 0 Å². The first-order chi connectivity index (χ1) is 8.95. The Balaban J connectivity index is 3.03. The lowest BCUT2D eigenvalue weighted by atomic mass is 10.1. The van der Waals surface area contributed by atoms with Crippen LogP contribution in [-0.2, 0) is 6.54 Å². The standard InChI is InChI=1S/C14H22BrNO3/c1-5-19-13-10(8-16-14(2,3)9-17)11(15)6-7-12(13)18-4/h6-7,16-17H,5,8-9H2,1-4H3. The van der Waals surface area contributed by atoms with E-state index in [1.807, 2.05) is 32.9 Å². The highest BCUT2D eigenvalue weighted by molar-refractivity contribution is 9.10. The number of ether oxygens (including phenoxy) is 2. The minimum Gasteiger partial charge on any atom is -0.493 e. The third-order valence-electron chi connectivity index (χ3n) is 2.81. The summed E-state index contributed by atoms with van der Waals surface area (Å²) in [5, 5.41) is 12.6. The Labute approximate surface area is 123 Å². The Morgan fingerprint density at radius 3 is 2.58 bits per heavy atom. The number of halogens is 1. The quantitative estimate of drug-likeness (QED) is 0.806. The fourth-order valence-electron chi connectivity index (χ4n) is 1.59. The van der Waals surface area contributed by atoms with Gasteiger partial charge in [-0.25, -0.2) is 0 Å². The van der Waals surface area contributed by atoms with Crippen molar-refractivity contribution in [2.75, 3.05) is 20.3 Å². The molecule has 0 aliphatic rings. The molecule has 1 aromatic carbocycles. The van der Waals surface area contributed by atoms with Crippen LogP contribution in [0.1, 0.15) is 26.3 Å². The molecule has 0 radical (unpaired) electrons. The summed E-state index contributed by atoms with van der Waals surface area (Å²) < 4.78 is 12.0. The largest absolute Gasteiger partial charge is 0.493 e. The number of hydrogen-bond donors (Lipinski definition) is 2. The highest BCUT2D eigenvalue weighted by Gasteiger charge is 2.19. The molecule has 0 spiro atoms. The Bertz CT molecular complexity index is 421. The van der Waals surface area contributed by atoms with Crippen molar-refractivity contribution in [2.24, 2.45) is 0 Å². The minimum absolute atomic E-state index is 0.0680. The van der Waals surface area contributed by atoms with Gasteiger partial charge in [0.25, 0.3) is 0 Å². The lowest BCUT2D eigenvalue weighted by molar-refractivity contribution is 0.186. The van der Waals surface area contributed by atoms with Crippen LogP contribution in [0, 0.1) is 0 Å². The number of rotatable bonds is 7. The smallest absolute Gasteiger partial charge is 0.166 e. The summed E-state index contributed by atoms with van der Waals surface area (Å²) in [6.07, 6.45) is 0. The molecule has 0 fully saturated rings. The normalized spacial score (nSPS) is 11.5. The molecule has 0 unspecified atom stereocenters. The number of methoxy groups -OCH3 is 1. The first-order valence-electron chi connectivity index (χ1n) is 6.29. The van der Waals surface area contributed by atoms with Crippen molar-refractivity contribution in [3.63, 3.8) is 0 Å². The molecule has 0 aliphatic heterocycles. The minimum atomic E-state index is -0.341. The maximum absolute atomic E-state index is 9.28. The molecule has 108 valence electrons. The van der Waals surface area contributed by atoms with Crippen molar-refractivity contribution in [1.29, 1.82) is 0 Å². The molecule has 0 atom stereocenters. The fourth-order valence-corrected chi connectivity index (χ4v) is 2.05. The molecule has 0 saturated carbocycles. The molecular formula is C14H22BrNO3. The van der Waals surface area contributed by atoms with Gasteiger partial charge in [0.15, 0.2) is 11.5 Å². The van der Waals surface area contributed by atoms with E-state index in [4.69, 9.17) is 9.47 Å². The highest BCUT2D eigenvalue weighted by atomic mass is 79.9. The summed E-state index contributed by atoms with van der Waals surface area (Å²) in [6, 6.07) is 3.81. The van der Waals surface area contributed by atoms with E-state index in [2.05, 4.69) is 21.2 Å². The van der Waals surface area contributed by atoms with Crippen molar-refractivity contribution in [2.45, 2.75) is 32.9 Å². The van der Waals surface area contributed by atoms with Crippen LogP contribution in [0.5, 0.6) is 11.5 Å². The first-order valence-corrected chi connectivity index (χ1v) is 7.08. The molecule has 0 bridgehead atoms. The molecule has 0 heterocycles. The van der Waals surface area contributed by atoms with E-state index in [1.54, 1.807) is 7.11 Å². The van der Waals surface area contributed by atoms with Gasteiger partial charge in [0.1, 0.15) is 0 Å². The van der Waals surface area contributed by atoms with Gasteiger partial charge < -0.3 is 19.9 Å². The van der Waals surface area contributed by atoms with Crippen molar-refractivity contribution in [3.05, 3.63) is 22.2 Å². The van der Waals surface area contributed by atoms with Crippen molar-refractivity contribution >= 4 is 15.9 Å². The molecule has 19 heavy (non-hydrogen) atoms. The maximum atomic E-state index is 9.28. The lowest BCUT2D eigenvalue weighted by Crippen LogP contribution is -2.42. The Morgan fingerprint density at radius 2 is 2.05 bits per heavy atom. The van der Waals surface area contributed by atoms with Gasteiger partial charge in [0.2, 0.25) is 0 Å². The molecule has 0 amide bonds. The average molecular weight is 332 g/mol. The molecule has 1 aromatic rings. The van der Waals surface area contributed by atoms with Crippen LogP contribution >= 0.6 is 15.9 Å². The fraction of sp³-hybridized carbons (Fsp3) is 0.571. The van der Waals surface area contributed by atoms with E-state index in [-0.39, 0.29) is 12.1 Å². The summed E-state index contributed by atoms with van der Waals surface area (Å²) in [6.45, 7) is 7.06. The number of aliphatic hydroxyl groups excluding tert-OH is 1. The van der Waals surface area contributed by atoms with Crippen LogP contribution in [0.2, 0.25) is 0 Å². The molecular weight excluding hydrogens is 310 g/mol. The summed E-state index contributed by atoms with van der Waals surface area (Å²) in [7, 11) is 1.63. The average Bonchev–Trinajstić information content (AvgIpc) is 2.39. The Kier molecular flexibility index (Phi) is 6.10. The van der Waals surface area contributed by atoms with Crippen LogP contribution < -0.4 is 14.8 Å². The predicted octanol–water partition coefficient (Wildman–Crippen LogP) is 2.72. The van der Waals surface area contributed by atoms with E-state index >= 15 is 0 Å². The second-order valence-electron chi connectivity index (χ2n) is 4.89. The zero-order chi connectivity index (χ0) is 14.5. The second-order valence-corrected chi connectivity index (χ2v) is 5.74. The van der Waals surface area contributed by atoms with Gasteiger partial charge >= 0.3 is 0 Å². The van der Waals surface area contributed by atoms with E-state index in [0.29, 0.717) is 18.9 Å². The number of nitrogens with one attached hydrogen (secondary N) is 1. The summed E-state index contributed by atoms with van der Waals surface area (Å²) in [5.74, 6) is 1.45. The summed E-state index contributed by atoms with van der Waals surface area (Å²) in [4.78, 5) is 0. The van der Waals surface area contributed by atoms with Crippen LogP contribution in [0.25, 0.3) is 0 Å². The van der Waals surface area contributed by atoms with Gasteiger partial charge in [-0.3, -0.25) is 0 Å². The van der Waals surface area contributed by atoms with Crippen LogP contribution in [0.3, 0.4) is 0 Å². The molecule has 2 N–H and O–H groups in total. The number of aliphatic hydroxyl groups is 1. The molecule has 5 heteroatoms. The Hall–Kier alpha value is -0.780. The zero-order valence-electron chi connectivity index (χ0n) is 11.9. The third kappa shape index (κ3) is 4.37. The van der Waals surface area contributed by atoms with E-state index < -0.39 is 0 Å². The molecule has 0 aliphatic carbocycles. The second kappa shape index (κ2) is 7.12. The summed E-state index contributed by atoms with van der Waals surface area (Å²) in [5.41, 5.74) is 0.647. The van der Waals surface area contributed by atoms with Gasteiger partial charge in [0, 0.05) is 22.1 Å². The zero-order valence-corrected chi connectivity index (χ0v) is 13.5. The van der Waals surface area contributed by atoms with Crippen LogP contribution in [0.15, 0.2) is 16.6 Å². The van der Waals surface area contributed by atoms with E-state index in [1.165, 1.54) is 0 Å². The monoisotopic (exact) mass is 331 g/mol. The van der Waals surface area contributed by atoms with Gasteiger partial charge in [0.05, 0.1) is 20.3 Å². The van der Waals surface area contributed by atoms with Gasteiger partial charge in [-0.15, -0.1) is 0 Å². The lowest BCUT2D eigenvalue weighted by Gasteiger charge is -2.25. The number of benzene rings is 1. The predicted molar refractivity (Wildman–Crippen MR) is 79.9 cm³/mol. The van der Waals surface area contributed by atoms with Crippen molar-refractivity contribution in [3.8, 4) is 11.5 Å². The third-order valence-corrected chi connectivity index (χ3v) is 3.56. The molecule has 4 nitrogen and oxygen atoms in total. The molecule has 0 aromatic heterocycles. The number of hydrogen-bond acceptors (Lipinski definition) is 4. The SMILES string of the molecule is CCOc1c(OC)ccc(Br)c1CNC(C)(C)CO. The summed E-state index contributed by atoms with van der Waals surface area (Å²) >= 11 is 3.53. The maximum Gasteiger partial charge on any atom is 0.166 e. The topological polar surface area (TPSA) is 50.7 Å². The van der Waals surface area contributed by atoms with Crippen molar-refractivity contribution < 1.29 is 14.6 Å². The van der Waals surface area contributed by atoms with Gasteiger partial charge in [-0.05, 0) is 32.9 Å². The molecule has 1 rings (SSSR count). The molecule has 0 saturated heterocycles. The van der Waals surface area contributed by atoms with E-state index in [0.717, 1.165) is 15.8 Å². The van der Waals surface area contributed by atoms with E-state index in [9.17, 15) is 5.11 Å². The highest BCUT2D eigenvalue weighted by Crippen LogP contribution is 2.36.